The number of unbranched alkanes of at least 4 members (excludes halogenated alkanes) is 28. The summed E-state index contributed by atoms with van der Waals surface area (Å²) < 4.78 is 16.9. The van der Waals surface area contributed by atoms with Crippen LogP contribution in [0.15, 0.2) is 122 Å². The Balaban J connectivity index is 4.27. The van der Waals surface area contributed by atoms with Gasteiger partial charge >= 0.3 is 17.9 Å². The molecule has 0 aliphatic rings. The van der Waals surface area contributed by atoms with Gasteiger partial charge < -0.3 is 14.2 Å². The molecular formula is C73H122O6. The molecule has 0 saturated carbocycles. The van der Waals surface area contributed by atoms with Crippen LogP contribution in [0.4, 0.5) is 0 Å². The van der Waals surface area contributed by atoms with Gasteiger partial charge in [0.05, 0.1) is 0 Å². The second-order valence-corrected chi connectivity index (χ2v) is 21.6. The van der Waals surface area contributed by atoms with E-state index in [0.717, 1.165) is 109 Å². The topological polar surface area (TPSA) is 78.9 Å². The van der Waals surface area contributed by atoms with E-state index < -0.39 is 6.10 Å². The first-order valence-corrected chi connectivity index (χ1v) is 33.0. The van der Waals surface area contributed by atoms with Crippen LogP contribution in [0.1, 0.15) is 303 Å². The molecule has 1 atom stereocenters. The molecule has 0 amide bonds. The molecule has 0 aliphatic carbocycles. The molecule has 0 bridgehead atoms. The Bertz CT molecular complexity index is 1640. The Morgan fingerprint density at radius 1 is 0.266 bits per heavy atom. The number of carbonyl (C=O) groups excluding carboxylic acids is 3. The molecule has 0 fully saturated rings. The summed E-state index contributed by atoms with van der Waals surface area (Å²) in [6, 6.07) is 0. The minimum absolute atomic E-state index is 0.0987. The fraction of sp³-hybridized carbons (Fsp3) is 0.685. The number of rotatable bonds is 59. The van der Waals surface area contributed by atoms with Crippen LogP contribution in [0, 0.1) is 0 Å². The van der Waals surface area contributed by atoms with Crippen molar-refractivity contribution in [3.8, 4) is 0 Å². The van der Waals surface area contributed by atoms with E-state index in [-0.39, 0.29) is 37.5 Å². The van der Waals surface area contributed by atoms with E-state index in [1.54, 1.807) is 0 Å². The Morgan fingerprint density at radius 3 is 0.810 bits per heavy atom. The highest BCUT2D eigenvalue weighted by Crippen LogP contribution is 2.16. The van der Waals surface area contributed by atoms with Crippen molar-refractivity contribution in [2.24, 2.45) is 0 Å². The lowest BCUT2D eigenvalue weighted by Crippen LogP contribution is -2.30. The second kappa shape index (κ2) is 66.3. The van der Waals surface area contributed by atoms with Gasteiger partial charge in [0.1, 0.15) is 13.2 Å². The van der Waals surface area contributed by atoms with E-state index in [4.69, 9.17) is 14.2 Å². The normalized spacial score (nSPS) is 12.9. The van der Waals surface area contributed by atoms with Gasteiger partial charge in [-0.15, -0.1) is 0 Å². The van der Waals surface area contributed by atoms with Crippen molar-refractivity contribution in [3.63, 3.8) is 0 Å². The molecule has 0 N–H and O–H groups in total. The Labute approximate surface area is 488 Å². The number of carbonyl (C=O) groups is 3. The maximum atomic E-state index is 12.9. The van der Waals surface area contributed by atoms with Gasteiger partial charge in [-0.05, 0) is 103 Å². The van der Waals surface area contributed by atoms with E-state index in [9.17, 15) is 14.4 Å². The maximum Gasteiger partial charge on any atom is 0.306 e. The van der Waals surface area contributed by atoms with Crippen LogP contribution in [0.2, 0.25) is 0 Å². The maximum absolute atomic E-state index is 12.9. The molecule has 0 aliphatic heterocycles. The van der Waals surface area contributed by atoms with Gasteiger partial charge in [0.2, 0.25) is 0 Å². The third kappa shape index (κ3) is 64.5. The molecule has 6 heteroatoms. The lowest BCUT2D eigenvalue weighted by atomic mass is 10.0. The van der Waals surface area contributed by atoms with Crippen molar-refractivity contribution >= 4 is 17.9 Å². The SMILES string of the molecule is CC/C=C\C/C=C\C/C=C\C/C=C\C/C=C\CCCCCCCCCCCCCCCCCC(=O)OCC(COC(=O)CCCCCCCCCCCCCCC)OC(=O)CCC/C=C\C/C=C\C/C=C\C/C=C\C/C=C\CC. The smallest absolute Gasteiger partial charge is 0.306 e. The van der Waals surface area contributed by atoms with Gasteiger partial charge in [-0.1, -0.05) is 303 Å². The largest absolute Gasteiger partial charge is 0.462 e. The number of hydrogen-bond donors (Lipinski definition) is 0. The van der Waals surface area contributed by atoms with Gasteiger partial charge in [-0.25, -0.2) is 0 Å². The summed E-state index contributed by atoms with van der Waals surface area (Å²) in [6.07, 6.45) is 92.2. The molecule has 0 heterocycles. The fourth-order valence-corrected chi connectivity index (χ4v) is 9.10. The summed E-state index contributed by atoms with van der Waals surface area (Å²) in [5.74, 6) is -0.950. The highest BCUT2D eigenvalue weighted by Gasteiger charge is 2.19. The van der Waals surface area contributed by atoms with Crippen LogP contribution >= 0.6 is 0 Å². The first-order chi connectivity index (χ1) is 39.0. The van der Waals surface area contributed by atoms with E-state index in [0.29, 0.717) is 19.3 Å². The Morgan fingerprint density at radius 2 is 0.506 bits per heavy atom. The monoisotopic (exact) mass is 1090 g/mol. The van der Waals surface area contributed by atoms with Crippen molar-refractivity contribution in [1.82, 2.24) is 0 Å². The third-order valence-electron chi connectivity index (χ3n) is 14.0. The zero-order valence-corrected chi connectivity index (χ0v) is 51.6. The van der Waals surface area contributed by atoms with Gasteiger partial charge in [-0.2, -0.15) is 0 Å². The van der Waals surface area contributed by atoms with Crippen molar-refractivity contribution < 1.29 is 28.6 Å². The zero-order chi connectivity index (χ0) is 57.1. The molecule has 450 valence electrons. The van der Waals surface area contributed by atoms with Crippen molar-refractivity contribution in [2.45, 2.75) is 309 Å². The second-order valence-electron chi connectivity index (χ2n) is 21.6. The molecule has 0 rings (SSSR count). The van der Waals surface area contributed by atoms with Crippen LogP contribution in [-0.2, 0) is 28.6 Å². The fourth-order valence-electron chi connectivity index (χ4n) is 9.10. The quantitative estimate of drug-likeness (QED) is 0.0261. The highest BCUT2D eigenvalue weighted by atomic mass is 16.6. The summed E-state index contributed by atoms with van der Waals surface area (Å²) in [6.45, 7) is 6.38. The van der Waals surface area contributed by atoms with E-state index in [1.165, 1.54) is 148 Å². The Hall–Kier alpha value is -4.19. The van der Waals surface area contributed by atoms with Crippen molar-refractivity contribution in [3.05, 3.63) is 122 Å². The summed E-state index contributed by atoms with van der Waals surface area (Å²) in [5, 5.41) is 0. The average molecular weight is 1100 g/mol. The minimum Gasteiger partial charge on any atom is -0.462 e. The summed E-state index contributed by atoms with van der Waals surface area (Å²) in [5.41, 5.74) is 0. The first kappa shape index (κ1) is 74.8. The van der Waals surface area contributed by atoms with Gasteiger partial charge in [0, 0.05) is 19.3 Å². The third-order valence-corrected chi connectivity index (χ3v) is 14.0. The number of hydrogen-bond acceptors (Lipinski definition) is 6. The summed E-state index contributed by atoms with van der Waals surface area (Å²) in [4.78, 5) is 38.3. The van der Waals surface area contributed by atoms with Crippen LogP contribution < -0.4 is 0 Å². The zero-order valence-electron chi connectivity index (χ0n) is 51.6. The van der Waals surface area contributed by atoms with Crippen molar-refractivity contribution in [1.29, 1.82) is 0 Å². The van der Waals surface area contributed by atoms with Crippen LogP contribution in [0.3, 0.4) is 0 Å². The molecular weight excluding hydrogens is 973 g/mol. The van der Waals surface area contributed by atoms with Crippen LogP contribution in [-0.4, -0.2) is 37.2 Å². The molecule has 1 unspecified atom stereocenters. The van der Waals surface area contributed by atoms with Crippen LogP contribution in [0.25, 0.3) is 0 Å². The van der Waals surface area contributed by atoms with Crippen LogP contribution in [0.5, 0.6) is 0 Å². The number of allylic oxidation sites excluding steroid dienone is 20. The first-order valence-electron chi connectivity index (χ1n) is 33.0. The average Bonchev–Trinajstić information content (AvgIpc) is 3.45. The lowest BCUT2D eigenvalue weighted by molar-refractivity contribution is -0.167. The highest BCUT2D eigenvalue weighted by molar-refractivity contribution is 5.71. The minimum atomic E-state index is -0.808. The van der Waals surface area contributed by atoms with Crippen molar-refractivity contribution in [2.75, 3.05) is 13.2 Å². The van der Waals surface area contributed by atoms with Gasteiger partial charge in [0.15, 0.2) is 6.10 Å². The van der Waals surface area contributed by atoms with Gasteiger partial charge in [-0.3, -0.25) is 14.4 Å². The van der Waals surface area contributed by atoms with E-state index >= 15 is 0 Å². The van der Waals surface area contributed by atoms with Gasteiger partial charge in [0.25, 0.3) is 0 Å². The predicted octanol–water partition coefficient (Wildman–Crippen LogP) is 22.8. The molecule has 0 saturated heterocycles. The standard InChI is InChI=1S/C73H122O6/c1-4-7-10-13-16-19-22-25-27-29-30-31-32-33-34-35-36-37-38-39-40-41-42-44-45-48-51-54-57-60-63-66-72(75)78-69-70(68-77-71(74)65-62-59-56-53-50-47-24-21-18-15-12-9-6-3)79-73(76)67-64-61-58-55-52-49-46-43-28-26-23-20-17-14-11-8-5-2/h7-8,10-11,16-17,19-20,25-28,30-31,33-34,46,49,55,58,70H,4-6,9,12-15,18,21-24,29,32,35-45,47-48,50-54,56-57,59-69H2,1-3H3/b10-7-,11-8-,19-16-,20-17-,27-25-,28-26-,31-30-,34-33-,49-46-,58-55-. The molecule has 0 radical (unpaired) electrons. The number of ether oxygens (including phenoxy) is 3. The summed E-state index contributed by atoms with van der Waals surface area (Å²) in [7, 11) is 0. The predicted molar refractivity (Wildman–Crippen MR) is 343 cm³/mol. The molecule has 79 heavy (non-hydrogen) atoms. The number of esters is 3. The molecule has 0 aromatic heterocycles. The molecule has 0 aromatic rings. The Kier molecular flexibility index (Phi) is 62.8. The molecule has 6 nitrogen and oxygen atoms in total. The molecule has 0 aromatic carbocycles. The van der Waals surface area contributed by atoms with E-state index in [1.807, 2.05) is 0 Å². The summed E-state index contributed by atoms with van der Waals surface area (Å²) >= 11 is 0. The lowest BCUT2D eigenvalue weighted by Gasteiger charge is -2.18. The molecule has 0 spiro atoms. The van der Waals surface area contributed by atoms with E-state index in [2.05, 4.69) is 142 Å².